The summed E-state index contributed by atoms with van der Waals surface area (Å²) in [6.07, 6.45) is 1.56. The Hall–Kier alpha value is -1.80. The van der Waals surface area contributed by atoms with Crippen LogP contribution in [0.5, 0.6) is 0 Å². The molecule has 0 fully saturated rings. The lowest BCUT2D eigenvalue weighted by atomic mass is 10.0. The summed E-state index contributed by atoms with van der Waals surface area (Å²) >= 11 is 1.54. The van der Waals surface area contributed by atoms with Crippen molar-refractivity contribution in [3.63, 3.8) is 0 Å². The molecule has 7 heteroatoms. The van der Waals surface area contributed by atoms with Crippen molar-refractivity contribution < 1.29 is 19.7 Å². The predicted molar refractivity (Wildman–Crippen MR) is 116 cm³/mol. The summed E-state index contributed by atoms with van der Waals surface area (Å²) in [5.74, 6) is -0.709. The number of aliphatic hydroxyl groups is 1. The van der Waals surface area contributed by atoms with Crippen LogP contribution in [0.2, 0.25) is 0 Å². The zero-order valence-corrected chi connectivity index (χ0v) is 18.2. The van der Waals surface area contributed by atoms with Crippen LogP contribution in [-0.4, -0.2) is 46.1 Å². The van der Waals surface area contributed by atoms with Crippen molar-refractivity contribution in [2.45, 2.75) is 64.8 Å². The smallest absolute Gasteiger partial charge is 0.320 e. The van der Waals surface area contributed by atoms with E-state index in [1.54, 1.807) is 0 Å². The Morgan fingerprint density at radius 2 is 2.00 bits per heavy atom. The Balaban J connectivity index is 2.13. The van der Waals surface area contributed by atoms with E-state index in [-0.39, 0.29) is 5.92 Å². The van der Waals surface area contributed by atoms with E-state index in [2.05, 4.69) is 17.2 Å². The van der Waals surface area contributed by atoms with Crippen LogP contribution in [-0.2, 0) is 16.0 Å². The van der Waals surface area contributed by atoms with Gasteiger partial charge in [-0.05, 0) is 18.8 Å². The standard InChI is InChI=1S/C22H32N2O4S/c1-4-5-11-28-22(27)19(24-18(21(25)26)12-15(2)3)13-17-14-29-20(23-17)16-9-7-6-8-10-16/h6-10,14-15,18-19,22,24,27H,4-5,11-13H2,1-3H3,(H,25,26). The van der Waals surface area contributed by atoms with E-state index >= 15 is 0 Å². The van der Waals surface area contributed by atoms with Crippen LogP contribution in [0.25, 0.3) is 10.6 Å². The highest BCUT2D eigenvalue weighted by Crippen LogP contribution is 2.24. The summed E-state index contributed by atoms with van der Waals surface area (Å²) in [4.78, 5) is 16.4. The molecule has 0 radical (unpaired) electrons. The lowest BCUT2D eigenvalue weighted by Gasteiger charge is -2.28. The molecular formula is C22H32N2O4S. The number of aromatic nitrogens is 1. The minimum atomic E-state index is -1.10. The SMILES string of the molecule is CCCCOC(O)C(Cc1csc(-c2ccccc2)n1)NC(CC(C)C)C(=O)O. The highest BCUT2D eigenvalue weighted by Gasteiger charge is 2.28. The number of carbonyl (C=O) groups is 1. The lowest BCUT2D eigenvalue weighted by Crippen LogP contribution is -2.51. The molecule has 0 spiro atoms. The molecular weight excluding hydrogens is 388 g/mol. The van der Waals surface area contributed by atoms with Gasteiger partial charge in [0.25, 0.3) is 0 Å². The van der Waals surface area contributed by atoms with E-state index in [1.165, 1.54) is 11.3 Å². The zero-order chi connectivity index (χ0) is 21.2. The van der Waals surface area contributed by atoms with Crippen LogP contribution in [0.4, 0.5) is 0 Å². The van der Waals surface area contributed by atoms with Crippen molar-refractivity contribution >= 4 is 17.3 Å². The Morgan fingerprint density at radius 3 is 2.62 bits per heavy atom. The van der Waals surface area contributed by atoms with Gasteiger partial charge in [-0.3, -0.25) is 10.1 Å². The van der Waals surface area contributed by atoms with Gasteiger partial charge in [-0.25, -0.2) is 4.98 Å². The second-order valence-corrected chi connectivity index (χ2v) is 8.48. The maximum absolute atomic E-state index is 11.7. The molecule has 0 aliphatic rings. The molecule has 3 atom stereocenters. The number of aliphatic hydroxyl groups excluding tert-OH is 1. The van der Waals surface area contributed by atoms with Crippen molar-refractivity contribution in [1.82, 2.24) is 10.3 Å². The van der Waals surface area contributed by atoms with Crippen LogP contribution in [0.1, 0.15) is 45.7 Å². The number of carboxylic acid groups (broad SMARTS) is 1. The number of nitrogens with zero attached hydrogens (tertiary/aromatic N) is 1. The molecule has 0 amide bonds. The van der Waals surface area contributed by atoms with Crippen molar-refractivity contribution in [2.24, 2.45) is 5.92 Å². The molecule has 0 saturated heterocycles. The van der Waals surface area contributed by atoms with Crippen LogP contribution in [0.3, 0.4) is 0 Å². The van der Waals surface area contributed by atoms with E-state index in [0.29, 0.717) is 19.4 Å². The Bertz CT molecular complexity index is 735. The number of thiazole rings is 1. The maximum Gasteiger partial charge on any atom is 0.320 e. The summed E-state index contributed by atoms with van der Waals surface area (Å²) < 4.78 is 5.57. The largest absolute Gasteiger partial charge is 0.480 e. The average molecular weight is 421 g/mol. The molecule has 2 rings (SSSR count). The van der Waals surface area contributed by atoms with Crippen LogP contribution in [0, 0.1) is 5.92 Å². The minimum absolute atomic E-state index is 0.214. The molecule has 1 aromatic carbocycles. The van der Waals surface area contributed by atoms with Gasteiger partial charge < -0.3 is 14.9 Å². The molecule has 0 aliphatic carbocycles. The number of aliphatic carboxylic acids is 1. The molecule has 2 aromatic rings. The highest BCUT2D eigenvalue weighted by molar-refractivity contribution is 7.13. The summed E-state index contributed by atoms with van der Waals surface area (Å²) in [7, 11) is 0. The lowest BCUT2D eigenvalue weighted by molar-refractivity contribution is -0.144. The molecule has 29 heavy (non-hydrogen) atoms. The average Bonchev–Trinajstić information content (AvgIpc) is 3.16. The second kappa shape index (κ2) is 12.0. The first-order chi connectivity index (χ1) is 13.9. The molecule has 0 bridgehead atoms. The second-order valence-electron chi connectivity index (χ2n) is 7.62. The number of hydrogen-bond donors (Lipinski definition) is 3. The van der Waals surface area contributed by atoms with E-state index in [1.807, 2.05) is 49.6 Å². The minimum Gasteiger partial charge on any atom is -0.480 e. The summed E-state index contributed by atoms with van der Waals surface area (Å²) in [6, 6.07) is 8.59. The van der Waals surface area contributed by atoms with Crippen LogP contribution in [0.15, 0.2) is 35.7 Å². The molecule has 0 aliphatic heterocycles. The Kier molecular flexibility index (Phi) is 9.73. The van der Waals surface area contributed by atoms with Gasteiger partial charge in [-0.1, -0.05) is 57.5 Å². The van der Waals surface area contributed by atoms with Crippen molar-refractivity contribution in [1.29, 1.82) is 0 Å². The van der Waals surface area contributed by atoms with Crippen molar-refractivity contribution in [2.75, 3.05) is 6.61 Å². The summed E-state index contributed by atoms with van der Waals surface area (Å²) in [5.41, 5.74) is 1.84. The number of ether oxygens (including phenoxy) is 1. The predicted octanol–water partition coefficient (Wildman–Crippen LogP) is 3.95. The highest BCUT2D eigenvalue weighted by atomic mass is 32.1. The van der Waals surface area contributed by atoms with Gasteiger partial charge in [0.1, 0.15) is 11.0 Å². The van der Waals surface area contributed by atoms with Gasteiger partial charge in [0.15, 0.2) is 6.29 Å². The Labute approximate surface area is 177 Å². The van der Waals surface area contributed by atoms with Gasteiger partial charge in [0.05, 0.1) is 11.7 Å². The fourth-order valence-corrected chi connectivity index (χ4v) is 3.85. The number of unbranched alkanes of at least 4 members (excludes halogenated alkanes) is 1. The van der Waals surface area contributed by atoms with Crippen LogP contribution < -0.4 is 5.32 Å². The Morgan fingerprint density at radius 1 is 1.28 bits per heavy atom. The quantitative estimate of drug-likeness (QED) is 0.336. The molecule has 6 nitrogen and oxygen atoms in total. The number of benzene rings is 1. The molecule has 1 heterocycles. The normalized spacial score (nSPS) is 14.7. The molecule has 0 saturated carbocycles. The van der Waals surface area contributed by atoms with Gasteiger partial charge in [0.2, 0.25) is 0 Å². The van der Waals surface area contributed by atoms with Crippen LogP contribution >= 0.6 is 11.3 Å². The van der Waals surface area contributed by atoms with E-state index < -0.39 is 24.3 Å². The zero-order valence-electron chi connectivity index (χ0n) is 17.4. The van der Waals surface area contributed by atoms with Gasteiger partial charge in [-0.15, -0.1) is 11.3 Å². The third-order valence-corrected chi connectivity index (χ3v) is 5.49. The molecule has 1 aromatic heterocycles. The fraction of sp³-hybridized carbons (Fsp3) is 0.545. The van der Waals surface area contributed by atoms with E-state index in [4.69, 9.17) is 4.74 Å². The number of nitrogens with one attached hydrogen (secondary N) is 1. The van der Waals surface area contributed by atoms with Crippen molar-refractivity contribution in [3.8, 4) is 10.6 Å². The first kappa shape index (κ1) is 23.5. The number of hydrogen-bond acceptors (Lipinski definition) is 6. The third kappa shape index (κ3) is 7.85. The molecule has 3 N–H and O–H groups in total. The number of carboxylic acids is 1. The van der Waals surface area contributed by atoms with Crippen molar-refractivity contribution in [3.05, 3.63) is 41.4 Å². The third-order valence-electron chi connectivity index (χ3n) is 4.55. The molecule has 160 valence electrons. The van der Waals surface area contributed by atoms with Gasteiger partial charge in [-0.2, -0.15) is 0 Å². The van der Waals surface area contributed by atoms with Gasteiger partial charge in [0, 0.05) is 24.0 Å². The summed E-state index contributed by atoms with van der Waals surface area (Å²) in [5, 5.41) is 26.1. The van der Waals surface area contributed by atoms with E-state index in [9.17, 15) is 15.0 Å². The first-order valence-electron chi connectivity index (χ1n) is 10.2. The van der Waals surface area contributed by atoms with Gasteiger partial charge >= 0.3 is 5.97 Å². The topological polar surface area (TPSA) is 91.7 Å². The molecule has 3 unspecified atom stereocenters. The maximum atomic E-state index is 11.7. The number of rotatable bonds is 13. The summed E-state index contributed by atoms with van der Waals surface area (Å²) in [6.45, 7) is 6.44. The first-order valence-corrected chi connectivity index (χ1v) is 11.1. The fourth-order valence-electron chi connectivity index (χ4n) is 3.02. The van der Waals surface area contributed by atoms with E-state index in [0.717, 1.165) is 29.1 Å². The monoisotopic (exact) mass is 420 g/mol.